The Labute approximate surface area is 290 Å². The first-order valence-electron chi connectivity index (χ1n) is 16.4. The van der Waals surface area contributed by atoms with Crippen LogP contribution in [-0.4, -0.2) is 59.5 Å². The number of ether oxygens (including phenoxy) is 1. The maximum absolute atomic E-state index is 12.8. The number of benzene rings is 4. The van der Waals surface area contributed by atoms with E-state index in [1.54, 1.807) is 29.1 Å². The first-order valence-corrected chi connectivity index (χ1v) is 17.4. The van der Waals surface area contributed by atoms with Gasteiger partial charge in [-0.25, -0.2) is 14.8 Å². The number of rotatable bonds is 11. The van der Waals surface area contributed by atoms with Crippen LogP contribution in [0.3, 0.4) is 0 Å². The van der Waals surface area contributed by atoms with Crippen molar-refractivity contribution in [2.24, 2.45) is 0 Å². The zero-order valence-corrected chi connectivity index (χ0v) is 28.0. The third-order valence-corrected chi connectivity index (χ3v) is 10.1. The quantitative estimate of drug-likeness (QED) is 0.0945. The van der Waals surface area contributed by atoms with E-state index in [0.717, 1.165) is 16.4 Å². The molecule has 1 saturated heterocycles. The van der Waals surface area contributed by atoms with Crippen LogP contribution < -0.4 is 15.5 Å². The number of carbonyl (C=O) groups excluding carboxylic acids is 2. The second kappa shape index (κ2) is 14.5. The Balaban J connectivity index is 1.32. The molecule has 5 aromatic rings. The fourth-order valence-electron chi connectivity index (χ4n) is 7.03. The van der Waals surface area contributed by atoms with E-state index in [-0.39, 0.29) is 18.5 Å². The Kier molecular flexibility index (Phi) is 9.54. The number of aromatic nitrogens is 2. The predicted molar refractivity (Wildman–Crippen MR) is 193 cm³/mol. The highest BCUT2D eigenvalue weighted by molar-refractivity contribution is 7.99. The van der Waals surface area contributed by atoms with Gasteiger partial charge in [0.15, 0.2) is 5.16 Å². The molecule has 4 aromatic carbocycles. The SMILES string of the molecule is CC(=O)NC[C@H]1CN(c2ccc(C3=C(CSc4ncccn4)[C@H](C(c4ccccc4)(c4ccccc4)c4ccccc4)NC3)cc2)C(=O)O1. The van der Waals surface area contributed by atoms with Gasteiger partial charge in [-0.05, 0) is 51.6 Å². The third kappa shape index (κ3) is 6.60. The lowest BCUT2D eigenvalue weighted by Crippen LogP contribution is -2.49. The van der Waals surface area contributed by atoms with Gasteiger partial charge in [-0.3, -0.25) is 9.69 Å². The van der Waals surface area contributed by atoms with Gasteiger partial charge in [-0.2, -0.15) is 0 Å². The molecule has 3 heterocycles. The molecular weight excluding hydrogens is 631 g/mol. The average molecular weight is 668 g/mol. The molecule has 7 rings (SSSR count). The Hall–Kier alpha value is -5.25. The number of nitrogens with zero attached hydrogens (tertiary/aromatic N) is 3. The van der Waals surface area contributed by atoms with Crippen LogP contribution in [0.15, 0.2) is 144 Å². The van der Waals surface area contributed by atoms with Gasteiger partial charge < -0.3 is 15.4 Å². The van der Waals surface area contributed by atoms with Crippen LogP contribution in [0.4, 0.5) is 10.5 Å². The molecule has 246 valence electrons. The van der Waals surface area contributed by atoms with Crippen molar-refractivity contribution in [1.82, 2.24) is 20.6 Å². The number of amides is 2. The molecule has 0 aliphatic carbocycles. The zero-order valence-electron chi connectivity index (χ0n) is 27.2. The number of hydrogen-bond acceptors (Lipinski definition) is 7. The molecule has 0 bridgehead atoms. The second-order valence-electron chi connectivity index (χ2n) is 12.1. The van der Waals surface area contributed by atoms with Gasteiger partial charge >= 0.3 is 6.09 Å². The van der Waals surface area contributed by atoms with Crippen LogP contribution in [0.25, 0.3) is 5.57 Å². The highest BCUT2D eigenvalue weighted by atomic mass is 32.2. The van der Waals surface area contributed by atoms with Crippen LogP contribution in [0.5, 0.6) is 0 Å². The lowest BCUT2D eigenvalue weighted by Gasteiger charge is -2.42. The number of cyclic esters (lactones) is 1. The van der Waals surface area contributed by atoms with Crippen molar-refractivity contribution >= 4 is 35.0 Å². The monoisotopic (exact) mass is 667 g/mol. The molecule has 0 saturated carbocycles. The highest BCUT2D eigenvalue weighted by Crippen LogP contribution is 2.48. The van der Waals surface area contributed by atoms with Crippen molar-refractivity contribution < 1.29 is 14.3 Å². The number of anilines is 1. The summed E-state index contributed by atoms with van der Waals surface area (Å²) in [6.45, 7) is 2.77. The van der Waals surface area contributed by atoms with Crippen LogP contribution >= 0.6 is 11.8 Å². The molecule has 0 radical (unpaired) electrons. The van der Waals surface area contributed by atoms with Crippen molar-refractivity contribution in [3.8, 4) is 0 Å². The van der Waals surface area contributed by atoms with E-state index in [9.17, 15) is 9.59 Å². The number of hydrogen-bond donors (Lipinski definition) is 2. The maximum atomic E-state index is 12.8. The Morgan fingerprint density at radius 2 is 1.43 bits per heavy atom. The topological polar surface area (TPSA) is 96.5 Å². The van der Waals surface area contributed by atoms with Crippen LogP contribution in [0.2, 0.25) is 0 Å². The summed E-state index contributed by atoms with van der Waals surface area (Å²) < 4.78 is 5.52. The third-order valence-electron chi connectivity index (χ3n) is 9.22. The van der Waals surface area contributed by atoms with Gasteiger partial charge in [0.1, 0.15) is 6.10 Å². The molecule has 1 fully saturated rings. The van der Waals surface area contributed by atoms with Crippen molar-refractivity contribution in [3.05, 3.63) is 162 Å². The Morgan fingerprint density at radius 3 is 1.98 bits per heavy atom. The molecule has 49 heavy (non-hydrogen) atoms. The van der Waals surface area contributed by atoms with Crippen molar-refractivity contribution in [2.45, 2.75) is 29.6 Å². The molecular formula is C40H37N5O3S. The number of carbonyl (C=O) groups is 2. The standard InChI is InChI=1S/C40H37N5O3S/c1-28(46)43-24-34-26-45(39(47)48-34)33-20-18-29(19-21-33)35-25-44-37(36(35)27-49-38-41-22-11-23-42-38)40(30-12-5-2-6-13-30,31-14-7-3-8-15-31)32-16-9-4-10-17-32/h2-23,34,37,44H,24-27H2,1H3,(H,43,46)/t34-,37+/m0/s1. The second-order valence-corrected chi connectivity index (χ2v) is 13.1. The Bertz CT molecular complexity index is 1830. The maximum Gasteiger partial charge on any atom is 0.414 e. The molecule has 2 amide bonds. The van der Waals surface area contributed by atoms with Gasteiger partial charge in [0, 0.05) is 43.3 Å². The van der Waals surface area contributed by atoms with E-state index in [2.05, 4.69) is 124 Å². The summed E-state index contributed by atoms with van der Waals surface area (Å²) in [6, 6.07) is 42.1. The molecule has 2 aliphatic rings. The summed E-state index contributed by atoms with van der Waals surface area (Å²) in [5, 5.41) is 7.45. The van der Waals surface area contributed by atoms with Crippen molar-refractivity contribution in [2.75, 3.05) is 30.3 Å². The van der Waals surface area contributed by atoms with Gasteiger partial charge in [0.05, 0.1) is 18.5 Å². The minimum Gasteiger partial charge on any atom is -0.442 e. The summed E-state index contributed by atoms with van der Waals surface area (Å²) in [6.07, 6.45) is 2.74. The highest BCUT2D eigenvalue weighted by Gasteiger charge is 2.48. The fourth-order valence-corrected chi connectivity index (χ4v) is 7.93. The first kappa shape index (κ1) is 32.3. The number of thioether (sulfide) groups is 1. The van der Waals surface area contributed by atoms with Crippen molar-refractivity contribution in [1.29, 1.82) is 0 Å². The minimum absolute atomic E-state index is 0.103. The number of nitrogens with one attached hydrogen (secondary N) is 2. The summed E-state index contributed by atoms with van der Waals surface area (Å²) in [7, 11) is 0. The van der Waals surface area contributed by atoms with Crippen molar-refractivity contribution in [3.63, 3.8) is 0 Å². The van der Waals surface area contributed by atoms with E-state index < -0.39 is 17.6 Å². The summed E-state index contributed by atoms with van der Waals surface area (Å²) in [4.78, 5) is 34.8. The van der Waals surface area contributed by atoms with Crippen LogP contribution in [0, 0.1) is 0 Å². The largest absolute Gasteiger partial charge is 0.442 e. The van der Waals surface area contributed by atoms with E-state index in [1.165, 1.54) is 34.8 Å². The lowest BCUT2D eigenvalue weighted by atomic mass is 9.63. The summed E-state index contributed by atoms with van der Waals surface area (Å²) in [5.41, 5.74) is 7.33. The molecule has 1 aromatic heterocycles. The van der Waals surface area contributed by atoms with E-state index in [1.807, 2.05) is 18.2 Å². The van der Waals surface area contributed by atoms with E-state index >= 15 is 0 Å². The predicted octanol–water partition coefficient (Wildman–Crippen LogP) is 6.49. The molecule has 8 nitrogen and oxygen atoms in total. The molecule has 0 unspecified atom stereocenters. The minimum atomic E-state index is -0.554. The summed E-state index contributed by atoms with van der Waals surface area (Å²) >= 11 is 1.63. The van der Waals surface area contributed by atoms with Crippen LogP contribution in [-0.2, 0) is 14.9 Å². The van der Waals surface area contributed by atoms with Gasteiger partial charge in [0.25, 0.3) is 0 Å². The average Bonchev–Trinajstić information content (AvgIpc) is 3.75. The smallest absolute Gasteiger partial charge is 0.414 e. The van der Waals surface area contributed by atoms with Gasteiger partial charge in [-0.1, -0.05) is 115 Å². The van der Waals surface area contributed by atoms with Crippen LogP contribution in [0.1, 0.15) is 29.2 Å². The van der Waals surface area contributed by atoms with E-state index in [0.29, 0.717) is 18.8 Å². The molecule has 2 atom stereocenters. The fraction of sp³-hybridized carbons (Fsp3) is 0.200. The molecule has 0 spiro atoms. The van der Waals surface area contributed by atoms with E-state index in [4.69, 9.17) is 4.74 Å². The molecule has 2 aliphatic heterocycles. The lowest BCUT2D eigenvalue weighted by molar-refractivity contribution is -0.119. The molecule has 9 heteroatoms. The Morgan fingerprint density at radius 1 is 0.857 bits per heavy atom. The van der Waals surface area contributed by atoms with Gasteiger partial charge in [0.2, 0.25) is 5.91 Å². The van der Waals surface area contributed by atoms with Gasteiger partial charge in [-0.15, -0.1) is 0 Å². The normalized spacial score (nSPS) is 17.7. The first-order chi connectivity index (χ1) is 24.0. The zero-order chi connectivity index (χ0) is 33.6. The summed E-state index contributed by atoms with van der Waals surface area (Å²) in [5.74, 6) is 0.523. The molecule has 2 N–H and O–H groups in total.